The topological polar surface area (TPSA) is 196 Å². The van der Waals surface area contributed by atoms with Crippen molar-refractivity contribution in [3.63, 3.8) is 0 Å². The molecule has 0 radical (unpaired) electrons. The second-order valence-corrected chi connectivity index (χ2v) is 19.7. The molecule has 2 aromatic heterocycles. The average molecular weight is 911 g/mol. The summed E-state index contributed by atoms with van der Waals surface area (Å²) in [7, 11) is 0. The summed E-state index contributed by atoms with van der Waals surface area (Å²) in [6, 6.07) is 15.0. The van der Waals surface area contributed by atoms with Gasteiger partial charge in [0.05, 0.1) is 23.5 Å². The molecule has 0 spiro atoms. The number of anilines is 3. The number of hydrogen-bond donors (Lipinski definition) is 5. The molecule has 17 heteroatoms. The third-order valence-corrected chi connectivity index (χ3v) is 14.3. The van der Waals surface area contributed by atoms with Crippen molar-refractivity contribution in [1.82, 2.24) is 45.5 Å². The predicted octanol–water partition coefficient (Wildman–Crippen LogP) is 3.79. The number of nitrogens with one attached hydrogen (secondary N) is 3. The molecular formula is C50H62N12O5. The van der Waals surface area contributed by atoms with Crippen LogP contribution in [0.4, 0.5) is 22.2 Å². The zero-order valence-electron chi connectivity index (χ0n) is 38.6. The highest BCUT2D eigenvalue weighted by Gasteiger charge is 2.45. The summed E-state index contributed by atoms with van der Waals surface area (Å²) in [5.41, 5.74) is 4.41. The number of piperidine rings is 2. The summed E-state index contributed by atoms with van der Waals surface area (Å²) in [5, 5.41) is 39.3. The number of carbonyl (C=O) groups is 3. The van der Waals surface area contributed by atoms with Gasteiger partial charge in [-0.05, 0) is 91.6 Å². The number of aromatic nitrogens is 4. The van der Waals surface area contributed by atoms with Crippen molar-refractivity contribution in [2.75, 3.05) is 74.0 Å². The number of rotatable bonds is 9. The summed E-state index contributed by atoms with van der Waals surface area (Å²) >= 11 is 0. The van der Waals surface area contributed by atoms with E-state index in [1.165, 1.54) is 10.5 Å². The van der Waals surface area contributed by atoms with Gasteiger partial charge in [-0.2, -0.15) is 0 Å². The molecule has 5 N–H and O–H groups in total. The van der Waals surface area contributed by atoms with Crippen LogP contribution in [0.1, 0.15) is 75.5 Å². The first kappa shape index (κ1) is 45.6. The number of phenolic OH excluding ortho intramolecular Hbond substituents is 1. The van der Waals surface area contributed by atoms with Crippen LogP contribution in [-0.4, -0.2) is 152 Å². The highest BCUT2D eigenvalue weighted by atomic mass is 16.3. The molecule has 4 amide bonds. The second-order valence-electron chi connectivity index (χ2n) is 19.7. The van der Waals surface area contributed by atoms with Gasteiger partial charge in [-0.15, -0.1) is 16.6 Å². The molecule has 9 rings (SSSR count). The first-order valence-electron chi connectivity index (χ1n) is 23.7. The van der Waals surface area contributed by atoms with Crippen molar-refractivity contribution in [2.24, 2.45) is 5.41 Å². The standard InChI is InChI=1S/C50H62N12O5/c1-5-32-10-12-33(13-11-32)26-52-46(65)42-24-38(63)31-62(42)47(66)44(50(2,3)4)55-49(67)59-20-16-36(17-21-59)58-18-14-34(15-19-58)35-27-53-48(54-28-35)60-22-23-61-37(30-60)29-51-45-41(61)25-40(56-57-45)39-8-6-7-9-43(39)64/h1,6-13,25,27-28,34,36-38,42,44,63-64H,14-24,26,29-31H2,2-4H3,(H,51,57)(H,52,65)(H,55,67)/t37-,38+,42-,44+/m0/s1. The van der Waals surface area contributed by atoms with Crippen molar-refractivity contribution in [3.8, 4) is 29.4 Å². The molecule has 7 heterocycles. The van der Waals surface area contributed by atoms with E-state index in [-0.39, 0.29) is 49.1 Å². The lowest BCUT2D eigenvalue weighted by Gasteiger charge is -2.45. The molecule has 67 heavy (non-hydrogen) atoms. The lowest BCUT2D eigenvalue weighted by Crippen LogP contribution is -2.60. The summed E-state index contributed by atoms with van der Waals surface area (Å²) in [6.45, 7) is 12.1. The number of amides is 4. The number of aromatic hydroxyl groups is 1. The Hall–Kier alpha value is -6.51. The molecule has 0 saturated carbocycles. The van der Waals surface area contributed by atoms with Gasteiger partial charge in [-0.3, -0.25) is 9.59 Å². The monoisotopic (exact) mass is 910 g/mol. The summed E-state index contributed by atoms with van der Waals surface area (Å²) in [5.74, 6) is 3.91. The fraction of sp³-hybridized carbons (Fsp3) is 0.500. The number of nitrogens with zero attached hydrogens (tertiary/aromatic N) is 9. The maximum Gasteiger partial charge on any atom is 0.318 e. The summed E-state index contributed by atoms with van der Waals surface area (Å²) in [4.78, 5) is 61.5. The zero-order chi connectivity index (χ0) is 46.8. The molecule has 5 aliphatic heterocycles. The lowest BCUT2D eigenvalue weighted by atomic mass is 9.85. The molecule has 4 saturated heterocycles. The number of piperazine rings is 1. The van der Waals surface area contributed by atoms with E-state index in [4.69, 9.17) is 16.4 Å². The highest BCUT2D eigenvalue weighted by Crippen LogP contribution is 2.37. The van der Waals surface area contributed by atoms with E-state index in [2.05, 4.69) is 46.8 Å². The number of β-amino-alcohol motifs (C(OH)–C–C–N with tert-alkyl or cyclic N) is 1. The van der Waals surface area contributed by atoms with Gasteiger partial charge in [0.15, 0.2) is 5.82 Å². The molecular weight excluding hydrogens is 849 g/mol. The largest absolute Gasteiger partial charge is 0.507 e. The Labute approximate surface area is 392 Å². The third-order valence-electron chi connectivity index (χ3n) is 14.3. The molecule has 5 aliphatic rings. The van der Waals surface area contributed by atoms with Crippen LogP contribution < -0.4 is 25.8 Å². The Kier molecular flexibility index (Phi) is 13.2. The molecule has 4 atom stereocenters. The van der Waals surface area contributed by atoms with Crippen molar-refractivity contribution in [1.29, 1.82) is 0 Å². The van der Waals surface area contributed by atoms with Crippen LogP contribution in [-0.2, 0) is 16.1 Å². The number of fused-ring (bicyclic) bond motifs is 3. The van der Waals surface area contributed by atoms with Crippen LogP contribution in [0.5, 0.6) is 5.75 Å². The Morgan fingerprint density at radius 2 is 1.64 bits per heavy atom. The van der Waals surface area contributed by atoms with Gasteiger partial charge >= 0.3 is 6.03 Å². The molecule has 17 nitrogen and oxygen atoms in total. The SMILES string of the molecule is C#Cc1ccc(CNC(=O)[C@@H]2C[C@@H](O)CN2C(=O)[C@@H](NC(=O)N2CCC(N3CCC(c4cnc(N5CCN6c7cc(-c8ccccc8O)nnc7NC[C@H]6C5)nc4)CC3)CC2)C(C)(C)C)cc1. The van der Waals surface area contributed by atoms with Gasteiger partial charge in [0.1, 0.15) is 17.8 Å². The number of carbonyl (C=O) groups excluding carboxylic acids is 3. The highest BCUT2D eigenvalue weighted by molar-refractivity contribution is 5.93. The molecule has 0 aliphatic carbocycles. The van der Waals surface area contributed by atoms with E-state index in [1.54, 1.807) is 29.2 Å². The molecule has 352 valence electrons. The van der Waals surface area contributed by atoms with Crippen LogP contribution in [0.2, 0.25) is 0 Å². The number of likely N-dealkylation sites (tertiary alicyclic amines) is 3. The van der Waals surface area contributed by atoms with Crippen LogP contribution >= 0.6 is 0 Å². The Morgan fingerprint density at radius 1 is 0.910 bits per heavy atom. The zero-order valence-corrected chi connectivity index (χ0v) is 38.6. The fourth-order valence-corrected chi connectivity index (χ4v) is 10.4. The van der Waals surface area contributed by atoms with Gasteiger partial charge in [0.25, 0.3) is 0 Å². The number of para-hydroxylation sites is 1. The minimum atomic E-state index is -0.897. The van der Waals surface area contributed by atoms with Crippen LogP contribution in [0.25, 0.3) is 11.3 Å². The molecule has 0 bridgehead atoms. The van der Waals surface area contributed by atoms with Crippen molar-refractivity contribution < 1.29 is 24.6 Å². The molecule has 2 aromatic carbocycles. The van der Waals surface area contributed by atoms with Crippen LogP contribution in [0.15, 0.2) is 67.0 Å². The number of terminal acetylenes is 1. The minimum Gasteiger partial charge on any atom is -0.507 e. The Balaban J connectivity index is 0.733. The van der Waals surface area contributed by atoms with Gasteiger partial charge in [-0.25, -0.2) is 14.8 Å². The first-order chi connectivity index (χ1) is 32.3. The Bertz CT molecular complexity index is 2460. The van der Waals surface area contributed by atoms with Crippen molar-refractivity contribution in [3.05, 3.63) is 83.7 Å². The molecule has 4 fully saturated rings. The normalized spacial score (nSPS) is 22.0. The lowest BCUT2D eigenvalue weighted by molar-refractivity contribution is -0.142. The van der Waals surface area contributed by atoms with E-state index in [1.807, 2.05) is 63.5 Å². The average Bonchev–Trinajstić information content (AvgIpc) is 3.76. The maximum atomic E-state index is 14.2. The number of aliphatic hydroxyl groups is 1. The van der Waals surface area contributed by atoms with Crippen molar-refractivity contribution in [2.45, 2.75) is 95.6 Å². The smallest absolute Gasteiger partial charge is 0.318 e. The van der Waals surface area contributed by atoms with Gasteiger partial charge < -0.3 is 50.7 Å². The third kappa shape index (κ3) is 9.96. The summed E-state index contributed by atoms with van der Waals surface area (Å²) < 4.78 is 0. The minimum absolute atomic E-state index is 0.0193. The number of benzene rings is 2. The van der Waals surface area contributed by atoms with E-state index < -0.39 is 23.6 Å². The maximum absolute atomic E-state index is 14.2. The van der Waals surface area contributed by atoms with Gasteiger partial charge in [0.2, 0.25) is 17.8 Å². The van der Waals surface area contributed by atoms with Gasteiger partial charge in [0, 0.05) is 88.3 Å². The fourth-order valence-electron chi connectivity index (χ4n) is 10.4. The van der Waals surface area contributed by atoms with Crippen LogP contribution in [0.3, 0.4) is 0 Å². The second kappa shape index (κ2) is 19.4. The number of phenols is 1. The summed E-state index contributed by atoms with van der Waals surface area (Å²) in [6.07, 6.45) is 12.5. The molecule has 0 unspecified atom stereocenters. The van der Waals surface area contributed by atoms with E-state index in [0.717, 1.165) is 93.5 Å². The van der Waals surface area contributed by atoms with Crippen molar-refractivity contribution >= 4 is 35.3 Å². The van der Waals surface area contributed by atoms with Gasteiger partial charge in [-0.1, -0.05) is 51.0 Å². The molecule has 4 aromatic rings. The quantitative estimate of drug-likeness (QED) is 0.153. The number of urea groups is 1. The number of aliphatic hydroxyl groups excluding tert-OH is 1. The van der Waals surface area contributed by atoms with E-state index in [9.17, 15) is 24.6 Å². The first-order valence-corrected chi connectivity index (χ1v) is 23.7. The Morgan fingerprint density at radius 3 is 2.34 bits per heavy atom. The van der Waals surface area contributed by atoms with E-state index >= 15 is 0 Å². The van der Waals surface area contributed by atoms with Crippen LogP contribution in [0, 0.1) is 17.8 Å². The number of hydrogen-bond acceptors (Lipinski definition) is 13. The van der Waals surface area contributed by atoms with E-state index in [0.29, 0.717) is 36.3 Å². The predicted molar refractivity (Wildman–Crippen MR) is 255 cm³/mol.